The molecule has 2 atom stereocenters. The fraction of sp³-hybridized carbons (Fsp3) is 0.800. The Morgan fingerprint density at radius 3 is 2.30 bits per heavy atom. The summed E-state index contributed by atoms with van der Waals surface area (Å²) in [7, 11) is -3.00. The number of nitrogens with two attached hydrogens (primary N) is 1. The van der Waals surface area contributed by atoms with Crippen molar-refractivity contribution in [3.63, 3.8) is 0 Å². The van der Waals surface area contributed by atoms with Gasteiger partial charge in [-0.15, -0.1) is 0 Å². The zero-order chi connectivity index (χ0) is 7.78. The third-order valence-electron chi connectivity index (χ3n) is 1.56. The molecule has 1 aliphatic heterocycles. The van der Waals surface area contributed by atoms with Crippen LogP contribution in [0.25, 0.3) is 0 Å². The average molecular weight is 160 g/mol. The van der Waals surface area contributed by atoms with Gasteiger partial charge in [-0.1, -0.05) is 0 Å². The van der Waals surface area contributed by atoms with E-state index in [1.165, 1.54) is 0 Å². The Hall–Kier alpha value is -0.600. The predicted molar refractivity (Wildman–Crippen MR) is 35.7 cm³/mol. The molecule has 2 unspecified atom stereocenters. The highest BCUT2D eigenvalue weighted by Crippen LogP contribution is 2.15. The molecule has 1 heterocycles. The molecular weight excluding hydrogens is 152 g/mol. The van der Waals surface area contributed by atoms with Crippen LogP contribution in [0.3, 0.4) is 0 Å². The second-order valence-electron chi connectivity index (χ2n) is 2.48. The maximum atomic E-state index is 10.8. The standard InChI is InChI=1S/C5H8N2O2S/c6-1-4-2-10(8,9)3-5(4)7/h4-5H,2-3,7H2. The highest BCUT2D eigenvalue weighted by molar-refractivity contribution is 7.91. The fourth-order valence-electron chi connectivity index (χ4n) is 1.01. The summed E-state index contributed by atoms with van der Waals surface area (Å²) in [6, 6.07) is 1.39. The minimum Gasteiger partial charge on any atom is -0.326 e. The minimum absolute atomic E-state index is 0.0365. The number of hydrogen-bond donors (Lipinski definition) is 1. The third kappa shape index (κ3) is 1.28. The van der Waals surface area contributed by atoms with E-state index in [4.69, 9.17) is 11.0 Å². The molecule has 10 heavy (non-hydrogen) atoms. The molecular formula is C5H8N2O2S. The summed E-state index contributed by atoms with van der Waals surface area (Å²) in [5.74, 6) is -0.597. The van der Waals surface area contributed by atoms with Crippen LogP contribution in [0.2, 0.25) is 0 Å². The van der Waals surface area contributed by atoms with Gasteiger partial charge in [0.1, 0.15) is 0 Å². The lowest BCUT2D eigenvalue weighted by molar-refractivity contribution is 0.601. The van der Waals surface area contributed by atoms with Crippen molar-refractivity contribution in [2.45, 2.75) is 6.04 Å². The minimum atomic E-state index is -3.00. The summed E-state index contributed by atoms with van der Waals surface area (Å²) < 4.78 is 21.6. The van der Waals surface area contributed by atoms with Crippen LogP contribution >= 0.6 is 0 Å². The summed E-state index contributed by atoms with van der Waals surface area (Å²) >= 11 is 0. The molecule has 0 aromatic rings. The zero-order valence-electron chi connectivity index (χ0n) is 5.32. The monoisotopic (exact) mass is 160 g/mol. The molecule has 2 N–H and O–H groups in total. The molecule has 0 bridgehead atoms. The summed E-state index contributed by atoms with van der Waals surface area (Å²) in [5.41, 5.74) is 5.36. The van der Waals surface area contributed by atoms with Gasteiger partial charge in [-0.3, -0.25) is 0 Å². The van der Waals surface area contributed by atoms with Crippen LogP contribution in [0, 0.1) is 17.2 Å². The van der Waals surface area contributed by atoms with E-state index in [2.05, 4.69) is 0 Å². The quantitative estimate of drug-likeness (QED) is 0.486. The molecule has 0 aromatic heterocycles. The first-order valence-corrected chi connectivity index (χ1v) is 4.73. The molecule has 56 valence electrons. The van der Waals surface area contributed by atoms with E-state index < -0.39 is 21.8 Å². The molecule has 4 nitrogen and oxygen atoms in total. The van der Waals surface area contributed by atoms with E-state index in [-0.39, 0.29) is 11.5 Å². The second kappa shape index (κ2) is 2.22. The van der Waals surface area contributed by atoms with E-state index in [0.29, 0.717) is 0 Å². The van der Waals surface area contributed by atoms with Gasteiger partial charge in [-0.2, -0.15) is 5.26 Å². The third-order valence-corrected chi connectivity index (χ3v) is 3.32. The van der Waals surface area contributed by atoms with Gasteiger partial charge < -0.3 is 5.73 Å². The Morgan fingerprint density at radius 1 is 1.50 bits per heavy atom. The van der Waals surface area contributed by atoms with Crippen molar-refractivity contribution in [3.05, 3.63) is 0 Å². The molecule has 5 heteroatoms. The van der Waals surface area contributed by atoms with E-state index in [1.807, 2.05) is 6.07 Å². The van der Waals surface area contributed by atoms with Crippen molar-refractivity contribution in [1.82, 2.24) is 0 Å². The summed E-state index contributed by atoms with van der Waals surface area (Å²) in [5, 5.41) is 8.37. The highest BCUT2D eigenvalue weighted by atomic mass is 32.2. The Bertz CT molecular complexity index is 264. The number of nitriles is 1. The van der Waals surface area contributed by atoms with Gasteiger partial charge in [0, 0.05) is 6.04 Å². The topological polar surface area (TPSA) is 84.0 Å². The number of rotatable bonds is 0. The molecule has 0 saturated carbocycles. The van der Waals surface area contributed by atoms with E-state index >= 15 is 0 Å². The van der Waals surface area contributed by atoms with Crippen LogP contribution in [-0.2, 0) is 9.84 Å². The van der Waals surface area contributed by atoms with Crippen molar-refractivity contribution in [2.75, 3.05) is 11.5 Å². The summed E-state index contributed by atoms with van der Waals surface area (Å²) in [6.45, 7) is 0. The molecule has 0 amide bonds. The van der Waals surface area contributed by atoms with Crippen LogP contribution in [0.5, 0.6) is 0 Å². The van der Waals surface area contributed by atoms with E-state index in [0.717, 1.165) is 0 Å². The maximum Gasteiger partial charge on any atom is 0.153 e. The van der Waals surface area contributed by atoms with Crippen molar-refractivity contribution in [2.24, 2.45) is 11.7 Å². The van der Waals surface area contributed by atoms with Gasteiger partial charge >= 0.3 is 0 Å². The molecule has 1 fully saturated rings. The first kappa shape index (κ1) is 7.51. The van der Waals surface area contributed by atoms with Gasteiger partial charge in [-0.05, 0) is 0 Å². The number of sulfone groups is 1. The Labute approximate surface area is 59.6 Å². The van der Waals surface area contributed by atoms with Crippen molar-refractivity contribution in [1.29, 1.82) is 5.26 Å². The largest absolute Gasteiger partial charge is 0.326 e. The lowest BCUT2D eigenvalue weighted by atomic mass is 10.1. The normalized spacial score (nSPS) is 37.2. The Kier molecular flexibility index (Phi) is 1.67. The van der Waals surface area contributed by atoms with Crippen molar-refractivity contribution in [3.8, 4) is 6.07 Å². The van der Waals surface area contributed by atoms with Gasteiger partial charge in [0.25, 0.3) is 0 Å². The fourth-order valence-corrected chi connectivity index (χ4v) is 2.83. The first-order chi connectivity index (χ1) is 4.55. The Balaban J connectivity index is 2.83. The lowest BCUT2D eigenvalue weighted by Gasteiger charge is -2.00. The maximum absolute atomic E-state index is 10.8. The SMILES string of the molecule is N#CC1CS(=O)(=O)CC1N. The average Bonchev–Trinajstić information content (AvgIpc) is 2.05. The van der Waals surface area contributed by atoms with Crippen LogP contribution in [-0.4, -0.2) is 26.0 Å². The van der Waals surface area contributed by atoms with Crippen LogP contribution in [0.1, 0.15) is 0 Å². The van der Waals surface area contributed by atoms with E-state index in [1.54, 1.807) is 0 Å². The highest BCUT2D eigenvalue weighted by Gasteiger charge is 2.34. The molecule has 1 aliphatic rings. The predicted octanol–water partition coefficient (Wildman–Crippen LogP) is -1.12. The van der Waals surface area contributed by atoms with Gasteiger partial charge in [0.15, 0.2) is 9.84 Å². The molecule has 0 spiro atoms. The lowest BCUT2D eigenvalue weighted by Crippen LogP contribution is -2.27. The van der Waals surface area contributed by atoms with Crippen LogP contribution in [0.4, 0.5) is 0 Å². The second-order valence-corrected chi connectivity index (χ2v) is 4.63. The molecule has 1 saturated heterocycles. The Morgan fingerprint density at radius 2 is 2.10 bits per heavy atom. The van der Waals surface area contributed by atoms with E-state index in [9.17, 15) is 8.42 Å². The summed E-state index contributed by atoms with van der Waals surface area (Å²) in [4.78, 5) is 0. The number of nitrogens with zero attached hydrogens (tertiary/aromatic N) is 1. The smallest absolute Gasteiger partial charge is 0.153 e. The van der Waals surface area contributed by atoms with Crippen molar-refractivity contribution >= 4 is 9.84 Å². The van der Waals surface area contributed by atoms with Crippen LogP contribution < -0.4 is 5.73 Å². The van der Waals surface area contributed by atoms with Gasteiger partial charge in [0.2, 0.25) is 0 Å². The van der Waals surface area contributed by atoms with Crippen LogP contribution in [0.15, 0.2) is 0 Å². The van der Waals surface area contributed by atoms with Gasteiger partial charge in [0.05, 0.1) is 23.5 Å². The number of hydrogen-bond acceptors (Lipinski definition) is 4. The molecule has 1 rings (SSSR count). The zero-order valence-corrected chi connectivity index (χ0v) is 6.13. The van der Waals surface area contributed by atoms with Crippen molar-refractivity contribution < 1.29 is 8.42 Å². The molecule has 0 radical (unpaired) electrons. The van der Waals surface area contributed by atoms with Gasteiger partial charge in [-0.25, -0.2) is 8.42 Å². The first-order valence-electron chi connectivity index (χ1n) is 2.91. The summed E-state index contributed by atoms with van der Waals surface area (Å²) in [6.07, 6.45) is 0. The molecule has 0 aliphatic carbocycles. The molecule has 0 aromatic carbocycles.